The second-order valence-electron chi connectivity index (χ2n) is 7.72. The fraction of sp³-hybridized carbons (Fsp3) is 0.240. The summed E-state index contributed by atoms with van der Waals surface area (Å²) in [6, 6.07) is 16.6. The maximum atomic E-state index is 13.5. The standard InChI is InChI=1S/C25H25Cl2NO4S/c1-17-9-12-21(13-10-17)33(30,31)28(23-7-4-6-18(2)19(23)3)25(29)8-5-15-32-24-14-11-20(26)16-22(24)27/h4,6-7,9-14,16H,5,8,15H2,1-3H3. The van der Waals surface area contributed by atoms with E-state index in [0.29, 0.717) is 27.9 Å². The smallest absolute Gasteiger partial charge is 0.270 e. The van der Waals surface area contributed by atoms with E-state index >= 15 is 0 Å². The summed E-state index contributed by atoms with van der Waals surface area (Å²) in [5, 5.41) is 0.862. The molecule has 33 heavy (non-hydrogen) atoms. The highest BCUT2D eigenvalue weighted by molar-refractivity contribution is 7.93. The number of amides is 1. The molecule has 0 radical (unpaired) electrons. The molecule has 0 aliphatic carbocycles. The summed E-state index contributed by atoms with van der Waals surface area (Å²) in [6.45, 7) is 5.75. The predicted octanol–water partition coefficient (Wildman–Crippen LogP) is 6.50. The van der Waals surface area contributed by atoms with Gasteiger partial charge < -0.3 is 4.74 Å². The van der Waals surface area contributed by atoms with Gasteiger partial charge in [0.15, 0.2) is 0 Å². The van der Waals surface area contributed by atoms with Crippen LogP contribution in [0, 0.1) is 20.8 Å². The highest BCUT2D eigenvalue weighted by atomic mass is 35.5. The molecule has 5 nitrogen and oxygen atoms in total. The van der Waals surface area contributed by atoms with E-state index in [9.17, 15) is 13.2 Å². The van der Waals surface area contributed by atoms with Crippen LogP contribution in [0.3, 0.4) is 0 Å². The van der Waals surface area contributed by atoms with E-state index in [0.717, 1.165) is 21.0 Å². The lowest BCUT2D eigenvalue weighted by Crippen LogP contribution is -2.37. The summed E-state index contributed by atoms with van der Waals surface area (Å²) in [7, 11) is -4.10. The topological polar surface area (TPSA) is 63.7 Å². The third kappa shape index (κ3) is 5.88. The third-order valence-corrected chi connectivity index (χ3v) is 7.55. The number of ether oxygens (including phenoxy) is 1. The van der Waals surface area contributed by atoms with Gasteiger partial charge in [-0.15, -0.1) is 0 Å². The van der Waals surface area contributed by atoms with Crippen LogP contribution in [0.15, 0.2) is 65.6 Å². The summed E-state index contributed by atoms with van der Waals surface area (Å²) in [4.78, 5) is 13.3. The van der Waals surface area contributed by atoms with Crippen molar-refractivity contribution in [3.8, 4) is 5.75 Å². The quantitative estimate of drug-likeness (QED) is 0.327. The molecule has 3 aromatic rings. The van der Waals surface area contributed by atoms with Crippen molar-refractivity contribution in [3.05, 3.63) is 87.4 Å². The summed E-state index contributed by atoms with van der Waals surface area (Å²) >= 11 is 12.0. The minimum absolute atomic E-state index is 0.0241. The second-order valence-corrected chi connectivity index (χ2v) is 10.4. The summed E-state index contributed by atoms with van der Waals surface area (Å²) in [5.74, 6) is -0.0812. The van der Waals surface area contributed by atoms with E-state index in [1.807, 2.05) is 19.9 Å². The van der Waals surface area contributed by atoms with Gasteiger partial charge in [0.05, 0.1) is 22.2 Å². The molecule has 0 spiro atoms. The van der Waals surface area contributed by atoms with Crippen molar-refractivity contribution in [1.82, 2.24) is 0 Å². The summed E-state index contributed by atoms with van der Waals surface area (Å²) in [5.41, 5.74) is 2.90. The van der Waals surface area contributed by atoms with Crippen molar-refractivity contribution in [3.63, 3.8) is 0 Å². The molecule has 0 saturated carbocycles. The second kappa shape index (κ2) is 10.6. The van der Waals surface area contributed by atoms with Crippen LogP contribution in [0.25, 0.3) is 0 Å². The molecule has 0 aliphatic heterocycles. The maximum absolute atomic E-state index is 13.5. The van der Waals surface area contributed by atoms with E-state index in [1.54, 1.807) is 49.4 Å². The van der Waals surface area contributed by atoms with Crippen LogP contribution in [-0.2, 0) is 14.8 Å². The predicted molar refractivity (Wildman–Crippen MR) is 133 cm³/mol. The number of anilines is 1. The first kappa shape index (κ1) is 25.1. The Bertz CT molecular complexity index is 1260. The molecule has 3 rings (SSSR count). The van der Waals surface area contributed by atoms with Crippen molar-refractivity contribution >= 4 is 44.8 Å². The Morgan fingerprint density at radius 1 is 0.970 bits per heavy atom. The Kier molecular flexibility index (Phi) is 8.05. The first-order valence-corrected chi connectivity index (χ1v) is 12.6. The summed E-state index contributed by atoms with van der Waals surface area (Å²) in [6.07, 6.45) is 0.284. The molecular formula is C25H25Cl2NO4S. The highest BCUT2D eigenvalue weighted by Crippen LogP contribution is 2.30. The molecule has 0 fully saturated rings. The molecule has 0 saturated heterocycles. The fourth-order valence-corrected chi connectivity index (χ4v) is 5.24. The fourth-order valence-electron chi connectivity index (χ4n) is 3.27. The van der Waals surface area contributed by atoms with Crippen LogP contribution in [0.4, 0.5) is 5.69 Å². The summed E-state index contributed by atoms with van der Waals surface area (Å²) < 4.78 is 33.6. The first-order valence-electron chi connectivity index (χ1n) is 10.4. The zero-order valence-electron chi connectivity index (χ0n) is 18.6. The normalized spacial score (nSPS) is 11.3. The number of nitrogens with zero attached hydrogens (tertiary/aromatic N) is 1. The lowest BCUT2D eigenvalue weighted by Gasteiger charge is -2.25. The van der Waals surface area contributed by atoms with Crippen molar-refractivity contribution in [2.24, 2.45) is 0 Å². The van der Waals surface area contributed by atoms with E-state index < -0.39 is 15.9 Å². The van der Waals surface area contributed by atoms with Crippen molar-refractivity contribution in [2.75, 3.05) is 10.9 Å². The lowest BCUT2D eigenvalue weighted by atomic mass is 10.1. The molecule has 8 heteroatoms. The molecule has 0 unspecified atom stereocenters. The number of hydrogen-bond acceptors (Lipinski definition) is 4. The van der Waals surface area contributed by atoms with Crippen LogP contribution in [0.2, 0.25) is 10.0 Å². The maximum Gasteiger partial charge on any atom is 0.270 e. The molecule has 0 bridgehead atoms. The van der Waals surface area contributed by atoms with Crippen LogP contribution in [0.1, 0.15) is 29.5 Å². The number of hydrogen-bond donors (Lipinski definition) is 0. The Morgan fingerprint density at radius 3 is 2.33 bits per heavy atom. The molecule has 0 N–H and O–H groups in total. The lowest BCUT2D eigenvalue weighted by molar-refractivity contribution is -0.117. The Morgan fingerprint density at radius 2 is 1.67 bits per heavy atom. The van der Waals surface area contributed by atoms with Crippen LogP contribution >= 0.6 is 23.2 Å². The van der Waals surface area contributed by atoms with Crippen molar-refractivity contribution in [1.29, 1.82) is 0 Å². The average Bonchev–Trinajstić information content (AvgIpc) is 2.76. The Hall–Kier alpha value is -2.54. The highest BCUT2D eigenvalue weighted by Gasteiger charge is 2.31. The Labute approximate surface area is 205 Å². The van der Waals surface area contributed by atoms with E-state index in [2.05, 4.69) is 0 Å². The monoisotopic (exact) mass is 505 g/mol. The minimum atomic E-state index is -4.10. The van der Waals surface area contributed by atoms with Crippen LogP contribution in [0.5, 0.6) is 5.75 Å². The number of rotatable bonds is 8. The molecule has 0 aliphatic rings. The average molecular weight is 506 g/mol. The van der Waals surface area contributed by atoms with Crippen LogP contribution < -0.4 is 9.04 Å². The number of sulfonamides is 1. The van der Waals surface area contributed by atoms with Gasteiger partial charge in [-0.2, -0.15) is 0 Å². The van der Waals surface area contributed by atoms with E-state index in [-0.39, 0.29) is 17.9 Å². The van der Waals surface area contributed by atoms with Crippen molar-refractivity contribution in [2.45, 2.75) is 38.5 Å². The number of carbonyl (C=O) groups excluding carboxylic acids is 1. The van der Waals surface area contributed by atoms with Gasteiger partial charge >= 0.3 is 0 Å². The van der Waals surface area contributed by atoms with Gasteiger partial charge in [-0.05, 0) is 74.7 Å². The molecule has 1 amide bonds. The van der Waals surface area contributed by atoms with Gasteiger partial charge in [0.2, 0.25) is 5.91 Å². The number of aryl methyl sites for hydroxylation is 2. The van der Waals surface area contributed by atoms with Gasteiger partial charge in [0.25, 0.3) is 10.0 Å². The van der Waals surface area contributed by atoms with Crippen LogP contribution in [-0.4, -0.2) is 20.9 Å². The zero-order chi connectivity index (χ0) is 24.2. The SMILES string of the molecule is Cc1ccc(S(=O)(=O)N(C(=O)CCCOc2ccc(Cl)cc2Cl)c2cccc(C)c2C)cc1. The molecule has 174 valence electrons. The third-order valence-electron chi connectivity index (χ3n) is 5.27. The minimum Gasteiger partial charge on any atom is -0.492 e. The molecule has 0 atom stereocenters. The van der Waals surface area contributed by atoms with Gasteiger partial charge in [-0.1, -0.05) is 53.0 Å². The number of benzene rings is 3. The largest absolute Gasteiger partial charge is 0.492 e. The van der Waals surface area contributed by atoms with E-state index in [4.69, 9.17) is 27.9 Å². The first-order chi connectivity index (χ1) is 15.6. The number of halogens is 2. The van der Waals surface area contributed by atoms with Gasteiger partial charge in [-0.3, -0.25) is 4.79 Å². The molecular weight excluding hydrogens is 481 g/mol. The van der Waals surface area contributed by atoms with Crippen molar-refractivity contribution < 1.29 is 17.9 Å². The molecule has 0 aromatic heterocycles. The zero-order valence-corrected chi connectivity index (χ0v) is 21.0. The Balaban J connectivity index is 1.83. The van der Waals surface area contributed by atoms with Gasteiger partial charge in [-0.25, -0.2) is 12.7 Å². The van der Waals surface area contributed by atoms with Gasteiger partial charge in [0, 0.05) is 11.4 Å². The molecule has 0 heterocycles. The van der Waals surface area contributed by atoms with Gasteiger partial charge in [0.1, 0.15) is 5.75 Å². The molecule has 3 aromatic carbocycles. The number of carbonyl (C=O) groups is 1. The van der Waals surface area contributed by atoms with E-state index in [1.165, 1.54) is 12.1 Å².